The van der Waals surface area contributed by atoms with Crippen molar-refractivity contribution in [2.75, 3.05) is 13.1 Å². The third kappa shape index (κ3) is 4.71. The van der Waals surface area contributed by atoms with Crippen LogP contribution in [0.1, 0.15) is 24.8 Å². The number of aryl methyl sites for hydroxylation is 1. The van der Waals surface area contributed by atoms with Crippen molar-refractivity contribution in [3.05, 3.63) is 63.8 Å². The quantitative estimate of drug-likeness (QED) is 0.810. The van der Waals surface area contributed by atoms with Gasteiger partial charge in [-0.15, -0.1) is 0 Å². The summed E-state index contributed by atoms with van der Waals surface area (Å²) < 4.78 is 1.36. The zero-order valence-corrected chi connectivity index (χ0v) is 15.2. The molecule has 1 saturated heterocycles. The number of hydrogen-bond acceptors (Lipinski definition) is 4. The molecule has 2 heterocycles. The first-order valence-corrected chi connectivity index (χ1v) is 9.09. The molecule has 0 radical (unpaired) electrons. The summed E-state index contributed by atoms with van der Waals surface area (Å²) >= 11 is 5.69. The Hall–Kier alpha value is -2.18. The van der Waals surface area contributed by atoms with E-state index in [1.807, 2.05) is 30.3 Å². The van der Waals surface area contributed by atoms with Gasteiger partial charge < -0.3 is 10.0 Å². The molecule has 0 spiro atoms. The van der Waals surface area contributed by atoms with Gasteiger partial charge in [-0.3, -0.25) is 14.2 Å². The molecule has 0 unspecified atom stereocenters. The zero-order valence-electron chi connectivity index (χ0n) is 14.5. The van der Waals surface area contributed by atoms with Crippen LogP contribution in [0.4, 0.5) is 0 Å². The Bertz CT molecular complexity index is 814. The molecule has 7 heteroatoms. The Kier molecular flexibility index (Phi) is 5.74. The molecule has 1 N–H and O–H groups in total. The van der Waals surface area contributed by atoms with Crippen LogP contribution < -0.4 is 5.56 Å². The van der Waals surface area contributed by atoms with Gasteiger partial charge in [0.2, 0.25) is 5.91 Å². The van der Waals surface area contributed by atoms with Crippen molar-refractivity contribution < 1.29 is 9.90 Å². The summed E-state index contributed by atoms with van der Waals surface area (Å²) in [6, 6.07) is 11.1. The molecule has 26 heavy (non-hydrogen) atoms. The van der Waals surface area contributed by atoms with E-state index >= 15 is 0 Å². The van der Waals surface area contributed by atoms with Gasteiger partial charge in [0.15, 0.2) is 0 Å². The average Bonchev–Trinajstić information content (AvgIpc) is 2.63. The lowest BCUT2D eigenvalue weighted by atomic mass is 9.91. The number of benzene rings is 1. The number of likely N-dealkylation sites (tertiary alicyclic amines) is 1. The lowest BCUT2D eigenvalue weighted by molar-refractivity contribution is -0.135. The van der Waals surface area contributed by atoms with Gasteiger partial charge in [0.1, 0.15) is 5.15 Å². The van der Waals surface area contributed by atoms with Crippen molar-refractivity contribution in [2.24, 2.45) is 0 Å². The summed E-state index contributed by atoms with van der Waals surface area (Å²) in [5.41, 5.74) is -0.168. The zero-order chi connectivity index (χ0) is 18.6. The van der Waals surface area contributed by atoms with Gasteiger partial charge in [0.05, 0.1) is 18.5 Å². The van der Waals surface area contributed by atoms with Crippen molar-refractivity contribution in [3.63, 3.8) is 0 Å². The predicted octanol–water partition coefficient (Wildman–Crippen LogP) is 1.88. The van der Waals surface area contributed by atoms with E-state index in [0.717, 1.165) is 5.56 Å². The van der Waals surface area contributed by atoms with Crippen molar-refractivity contribution in [2.45, 2.75) is 37.8 Å². The van der Waals surface area contributed by atoms with Crippen molar-refractivity contribution in [3.8, 4) is 0 Å². The second kappa shape index (κ2) is 8.01. The van der Waals surface area contributed by atoms with Crippen molar-refractivity contribution in [1.29, 1.82) is 0 Å². The Labute approximate surface area is 157 Å². The first-order chi connectivity index (χ1) is 12.5. The standard InChI is InChI=1S/C19H22ClN3O3/c20-16-12-18(25)23(14-21-16)13-19(26)8-10-22(11-9-19)17(24)7-6-15-4-2-1-3-5-15/h1-5,12,14,26H,6-11,13H2. The summed E-state index contributed by atoms with van der Waals surface area (Å²) in [6.45, 7) is 1.13. The molecular formula is C19H22ClN3O3. The Morgan fingerprint density at radius 3 is 2.58 bits per heavy atom. The van der Waals surface area contributed by atoms with Gasteiger partial charge >= 0.3 is 0 Å². The molecule has 0 saturated carbocycles. The maximum Gasteiger partial charge on any atom is 0.254 e. The molecule has 1 aromatic heterocycles. The van der Waals surface area contributed by atoms with Crippen LogP contribution in [0.25, 0.3) is 0 Å². The minimum atomic E-state index is -1.02. The minimum absolute atomic E-state index is 0.0984. The van der Waals surface area contributed by atoms with E-state index in [0.29, 0.717) is 38.8 Å². The van der Waals surface area contributed by atoms with E-state index < -0.39 is 5.60 Å². The monoisotopic (exact) mass is 375 g/mol. The molecule has 0 aliphatic carbocycles. The number of halogens is 1. The second-order valence-corrected chi connectivity index (χ2v) is 7.16. The number of rotatable bonds is 5. The molecule has 1 aliphatic heterocycles. The maximum atomic E-state index is 12.4. The number of nitrogens with zero attached hydrogens (tertiary/aromatic N) is 3. The number of carbonyl (C=O) groups excluding carboxylic acids is 1. The average molecular weight is 376 g/mol. The van der Waals surface area contributed by atoms with E-state index in [2.05, 4.69) is 4.98 Å². The molecule has 3 rings (SSSR count). The van der Waals surface area contributed by atoms with E-state index in [9.17, 15) is 14.7 Å². The summed E-state index contributed by atoms with van der Waals surface area (Å²) in [5.74, 6) is 0.0984. The Morgan fingerprint density at radius 1 is 1.23 bits per heavy atom. The number of amides is 1. The van der Waals surface area contributed by atoms with Crippen LogP contribution >= 0.6 is 11.6 Å². The van der Waals surface area contributed by atoms with E-state index in [1.54, 1.807) is 4.90 Å². The molecular weight excluding hydrogens is 354 g/mol. The lowest BCUT2D eigenvalue weighted by Crippen LogP contribution is -2.49. The van der Waals surface area contributed by atoms with Crippen LogP contribution in [0.2, 0.25) is 5.15 Å². The summed E-state index contributed by atoms with van der Waals surface area (Å²) in [7, 11) is 0. The minimum Gasteiger partial charge on any atom is -0.388 e. The SMILES string of the molecule is O=C(CCc1ccccc1)N1CCC(O)(Cn2cnc(Cl)cc2=O)CC1. The van der Waals surface area contributed by atoms with Gasteiger partial charge in [-0.2, -0.15) is 0 Å². The maximum absolute atomic E-state index is 12.4. The first kappa shape index (κ1) is 18.6. The largest absolute Gasteiger partial charge is 0.388 e. The lowest BCUT2D eigenvalue weighted by Gasteiger charge is -2.38. The number of aliphatic hydroxyl groups is 1. The fraction of sp³-hybridized carbons (Fsp3) is 0.421. The molecule has 2 aromatic rings. The number of piperidine rings is 1. The van der Waals surface area contributed by atoms with Crippen molar-refractivity contribution >= 4 is 17.5 Å². The normalized spacial score (nSPS) is 16.5. The number of hydrogen-bond donors (Lipinski definition) is 1. The third-order valence-electron chi connectivity index (χ3n) is 4.83. The molecule has 1 aliphatic rings. The Balaban J connectivity index is 1.52. The van der Waals surface area contributed by atoms with Crippen LogP contribution in [-0.2, 0) is 17.8 Å². The van der Waals surface area contributed by atoms with Crippen molar-refractivity contribution in [1.82, 2.24) is 14.5 Å². The van der Waals surface area contributed by atoms with Crippen LogP contribution in [0, 0.1) is 0 Å². The van der Waals surface area contributed by atoms with E-state index in [-0.39, 0.29) is 23.2 Å². The van der Waals surface area contributed by atoms with Gasteiger partial charge in [-0.05, 0) is 24.8 Å². The van der Waals surface area contributed by atoms with Crippen LogP contribution in [0.3, 0.4) is 0 Å². The molecule has 0 atom stereocenters. The highest BCUT2D eigenvalue weighted by Crippen LogP contribution is 2.24. The highest BCUT2D eigenvalue weighted by atomic mass is 35.5. The molecule has 0 bridgehead atoms. The summed E-state index contributed by atoms with van der Waals surface area (Å²) in [5, 5.41) is 10.9. The van der Waals surface area contributed by atoms with Gasteiger partial charge in [-0.25, -0.2) is 4.98 Å². The molecule has 138 valence electrons. The smallest absolute Gasteiger partial charge is 0.254 e. The molecule has 1 fully saturated rings. The van der Waals surface area contributed by atoms with E-state index in [4.69, 9.17) is 11.6 Å². The highest BCUT2D eigenvalue weighted by molar-refractivity contribution is 6.29. The summed E-state index contributed by atoms with van der Waals surface area (Å²) in [6.07, 6.45) is 3.38. The van der Waals surface area contributed by atoms with Gasteiger partial charge in [-0.1, -0.05) is 41.9 Å². The van der Waals surface area contributed by atoms with Crippen LogP contribution in [-0.4, -0.2) is 44.2 Å². The second-order valence-electron chi connectivity index (χ2n) is 6.77. The molecule has 6 nitrogen and oxygen atoms in total. The number of carbonyl (C=O) groups is 1. The third-order valence-corrected chi connectivity index (χ3v) is 5.03. The van der Waals surface area contributed by atoms with Gasteiger partial charge in [0.25, 0.3) is 5.56 Å². The molecule has 1 amide bonds. The Morgan fingerprint density at radius 2 is 1.92 bits per heavy atom. The van der Waals surface area contributed by atoms with Crippen LogP contribution in [0.5, 0.6) is 0 Å². The first-order valence-electron chi connectivity index (χ1n) is 8.71. The van der Waals surface area contributed by atoms with Gasteiger partial charge in [0, 0.05) is 25.6 Å². The summed E-state index contributed by atoms with van der Waals surface area (Å²) in [4.78, 5) is 30.0. The fourth-order valence-corrected chi connectivity index (χ4v) is 3.36. The van der Waals surface area contributed by atoms with E-state index in [1.165, 1.54) is 17.0 Å². The predicted molar refractivity (Wildman–Crippen MR) is 99.0 cm³/mol. The number of aromatic nitrogens is 2. The topological polar surface area (TPSA) is 75.4 Å². The van der Waals surface area contributed by atoms with Crippen LogP contribution in [0.15, 0.2) is 47.5 Å². The fourth-order valence-electron chi connectivity index (χ4n) is 3.22. The molecule has 1 aromatic carbocycles. The highest BCUT2D eigenvalue weighted by Gasteiger charge is 2.34.